The van der Waals surface area contributed by atoms with Crippen molar-refractivity contribution in [3.05, 3.63) is 11.6 Å². The quantitative estimate of drug-likeness (QED) is 0.726. The van der Waals surface area contributed by atoms with Gasteiger partial charge in [0.2, 0.25) is 0 Å². The van der Waals surface area contributed by atoms with Crippen LogP contribution in [0.4, 0.5) is 0 Å². The van der Waals surface area contributed by atoms with Crippen molar-refractivity contribution in [1.29, 1.82) is 0 Å². The molecule has 6 atom stereocenters. The molecule has 104 valence electrons. The van der Waals surface area contributed by atoms with Crippen molar-refractivity contribution in [3.63, 3.8) is 0 Å². The van der Waals surface area contributed by atoms with Gasteiger partial charge in [-0.3, -0.25) is 9.59 Å². The molecule has 2 fully saturated rings. The molecular weight excluding hydrogens is 244 g/mol. The number of esters is 1. The molecule has 1 saturated heterocycles. The van der Waals surface area contributed by atoms with Crippen LogP contribution in [0.15, 0.2) is 11.6 Å². The summed E-state index contributed by atoms with van der Waals surface area (Å²) in [6.07, 6.45) is 3.23. The highest BCUT2D eigenvalue weighted by molar-refractivity contribution is 5.96. The molecular formula is C15H20O4. The maximum atomic E-state index is 12.2. The van der Waals surface area contributed by atoms with Crippen LogP contribution in [-0.4, -0.2) is 29.6 Å². The zero-order chi connectivity index (χ0) is 13.7. The Bertz CT molecular complexity index is 453. The number of aliphatic hydroxyl groups is 1. The van der Waals surface area contributed by atoms with E-state index in [-0.39, 0.29) is 54.1 Å². The Labute approximate surface area is 112 Å². The van der Waals surface area contributed by atoms with Crippen molar-refractivity contribution >= 4 is 11.8 Å². The normalized spacial score (nSPS) is 45.3. The predicted molar refractivity (Wildman–Crippen MR) is 68.1 cm³/mol. The van der Waals surface area contributed by atoms with Gasteiger partial charge in [-0.15, -0.1) is 0 Å². The fourth-order valence-corrected chi connectivity index (χ4v) is 4.16. The van der Waals surface area contributed by atoms with E-state index in [1.807, 2.05) is 6.92 Å². The van der Waals surface area contributed by atoms with Crippen molar-refractivity contribution in [1.82, 2.24) is 0 Å². The molecule has 0 aromatic heterocycles. The van der Waals surface area contributed by atoms with Gasteiger partial charge in [0.25, 0.3) is 0 Å². The Morgan fingerprint density at radius 1 is 1.26 bits per heavy atom. The highest BCUT2D eigenvalue weighted by Crippen LogP contribution is 2.49. The molecule has 1 N–H and O–H groups in total. The number of fused-ring (bicyclic) bond motifs is 3. The highest BCUT2D eigenvalue weighted by atomic mass is 16.6. The Hall–Kier alpha value is -1.16. The number of carbonyl (C=O) groups is 2. The van der Waals surface area contributed by atoms with Crippen LogP contribution in [0.5, 0.6) is 0 Å². The van der Waals surface area contributed by atoms with Gasteiger partial charge in [-0.05, 0) is 30.4 Å². The van der Waals surface area contributed by atoms with Crippen molar-refractivity contribution < 1.29 is 19.4 Å². The summed E-state index contributed by atoms with van der Waals surface area (Å²) in [7, 11) is 0. The van der Waals surface area contributed by atoms with Crippen LogP contribution in [0.3, 0.4) is 0 Å². The van der Waals surface area contributed by atoms with Crippen LogP contribution in [-0.2, 0) is 14.3 Å². The van der Waals surface area contributed by atoms with E-state index in [2.05, 4.69) is 6.92 Å². The lowest BCUT2D eigenvalue weighted by Crippen LogP contribution is -2.34. The first-order valence-electron chi connectivity index (χ1n) is 7.10. The van der Waals surface area contributed by atoms with E-state index in [0.29, 0.717) is 0 Å². The third kappa shape index (κ3) is 1.76. The number of ether oxygens (including phenoxy) is 1. The van der Waals surface area contributed by atoms with Gasteiger partial charge >= 0.3 is 5.97 Å². The third-order valence-electron chi connectivity index (χ3n) is 5.26. The fourth-order valence-electron chi connectivity index (χ4n) is 4.16. The molecule has 0 aromatic carbocycles. The molecule has 0 radical (unpaired) electrons. The van der Waals surface area contributed by atoms with Crippen molar-refractivity contribution in [2.24, 2.45) is 29.6 Å². The second kappa shape index (κ2) is 4.44. The zero-order valence-electron chi connectivity index (χ0n) is 11.3. The molecule has 0 spiro atoms. The lowest BCUT2D eigenvalue weighted by Gasteiger charge is -2.28. The maximum Gasteiger partial charge on any atom is 0.309 e. The number of aliphatic hydroxyl groups excluding tert-OH is 1. The summed E-state index contributed by atoms with van der Waals surface area (Å²) in [5.41, 5.74) is 0.751. The lowest BCUT2D eigenvalue weighted by atomic mass is 9.77. The summed E-state index contributed by atoms with van der Waals surface area (Å²) < 4.78 is 5.56. The van der Waals surface area contributed by atoms with Gasteiger partial charge in [0, 0.05) is 17.8 Å². The van der Waals surface area contributed by atoms with Crippen molar-refractivity contribution in [2.75, 3.05) is 6.61 Å². The standard InChI is InChI=1S/C15H20O4/c1-7-3-4-10-8(2)15(18)19-14(10)13-9(6-16)5-11(17)12(7)13/h5,7-8,10,12-14,16H,3-4,6H2,1-2H3/t7-,8+,10-,12-,13+,14-/m1/s1. The van der Waals surface area contributed by atoms with E-state index >= 15 is 0 Å². The van der Waals surface area contributed by atoms with Gasteiger partial charge < -0.3 is 9.84 Å². The number of hydrogen-bond acceptors (Lipinski definition) is 4. The second-order valence-electron chi connectivity index (χ2n) is 6.24. The monoisotopic (exact) mass is 264 g/mol. The minimum absolute atomic E-state index is 0.0911. The van der Waals surface area contributed by atoms with Gasteiger partial charge in [-0.25, -0.2) is 0 Å². The van der Waals surface area contributed by atoms with Crippen LogP contribution in [0, 0.1) is 29.6 Å². The first kappa shape index (κ1) is 12.9. The summed E-state index contributed by atoms with van der Waals surface area (Å²) in [6, 6.07) is 0. The summed E-state index contributed by atoms with van der Waals surface area (Å²) >= 11 is 0. The van der Waals surface area contributed by atoms with E-state index < -0.39 is 0 Å². The Balaban J connectivity index is 2.00. The van der Waals surface area contributed by atoms with Gasteiger partial charge in [0.05, 0.1) is 12.5 Å². The maximum absolute atomic E-state index is 12.2. The smallest absolute Gasteiger partial charge is 0.309 e. The molecule has 1 heterocycles. The average Bonchev–Trinajstić information content (AvgIpc) is 2.80. The number of allylic oxidation sites excluding steroid dienone is 1. The predicted octanol–water partition coefficient (Wildman–Crippen LogP) is 1.33. The van der Waals surface area contributed by atoms with Crippen LogP contribution in [0.25, 0.3) is 0 Å². The first-order chi connectivity index (χ1) is 9.04. The summed E-state index contributed by atoms with van der Waals surface area (Å²) in [5, 5.41) is 9.49. The lowest BCUT2D eigenvalue weighted by molar-refractivity contribution is -0.146. The molecule has 0 bridgehead atoms. The molecule has 4 nitrogen and oxygen atoms in total. The summed E-state index contributed by atoms with van der Waals surface area (Å²) in [6.45, 7) is 3.89. The summed E-state index contributed by atoms with van der Waals surface area (Å²) in [5.74, 6) is 0.105. The van der Waals surface area contributed by atoms with Gasteiger partial charge in [-0.1, -0.05) is 13.8 Å². The van der Waals surface area contributed by atoms with Gasteiger partial charge in [0.15, 0.2) is 5.78 Å². The van der Waals surface area contributed by atoms with E-state index in [1.54, 1.807) is 6.08 Å². The largest absolute Gasteiger partial charge is 0.461 e. The van der Waals surface area contributed by atoms with E-state index in [4.69, 9.17) is 4.74 Å². The zero-order valence-corrected chi connectivity index (χ0v) is 11.3. The average molecular weight is 264 g/mol. The van der Waals surface area contributed by atoms with E-state index in [0.717, 1.165) is 18.4 Å². The van der Waals surface area contributed by atoms with Crippen LogP contribution < -0.4 is 0 Å². The molecule has 1 aliphatic heterocycles. The molecule has 3 aliphatic rings. The minimum atomic E-state index is -0.220. The van der Waals surface area contributed by atoms with Crippen LogP contribution >= 0.6 is 0 Å². The number of hydrogen-bond donors (Lipinski definition) is 1. The fraction of sp³-hybridized carbons (Fsp3) is 0.733. The van der Waals surface area contributed by atoms with E-state index in [9.17, 15) is 14.7 Å². The molecule has 0 amide bonds. The first-order valence-corrected chi connectivity index (χ1v) is 7.10. The van der Waals surface area contributed by atoms with Crippen molar-refractivity contribution in [2.45, 2.75) is 32.8 Å². The van der Waals surface area contributed by atoms with Gasteiger partial charge in [-0.2, -0.15) is 0 Å². The third-order valence-corrected chi connectivity index (χ3v) is 5.26. The molecule has 0 unspecified atom stereocenters. The van der Waals surface area contributed by atoms with Crippen LogP contribution in [0.1, 0.15) is 26.7 Å². The number of carbonyl (C=O) groups excluding carboxylic acids is 2. The van der Waals surface area contributed by atoms with E-state index in [1.165, 1.54) is 0 Å². The molecule has 1 saturated carbocycles. The topological polar surface area (TPSA) is 63.6 Å². The minimum Gasteiger partial charge on any atom is -0.461 e. The Morgan fingerprint density at radius 2 is 2.00 bits per heavy atom. The molecule has 4 heteroatoms. The number of rotatable bonds is 1. The summed E-state index contributed by atoms with van der Waals surface area (Å²) in [4.78, 5) is 24.0. The molecule has 19 heavy (non-hydrogen) atoms. The van der Waals surface area contributed by atoms with Crippen LogP contribution in [0.2, 0.25) is 0 Å². The SMILES string of the molecule is C[C@@H]1CC[C@H]2[C@@H](OC(=O)[C@H]2C)[C@H]2C(CO)=CC(=O)[C@H]21. The Morgan fingerprint density at radius 3 is 2.68 bits per heavy atom. The van der Waals surface area contributed by atoms with Gasteiger partial charge in [0.1, 0.15) is 6.10 Å². The Kier molecular flexibility index (Phi) is 3.01. The van der Waals surface area contributed by atoms with Crippen molar-refractivity contribution in [3.8, 4) is 0 Å². The number of ketones is 1. The highest BCUT2D eigenvalue weighted by Gasteiger charge is 2.54. The second-order valence-corrected chi connectivity index (χ2v) is 6.24. The molecule has 0 aromatic rings. The molecule has 2 aliphatic carbocycles. The molecule has 3 rings (SSSR count).